The van der Waals surface area contributed by atoms with Crippen molar-refractivity contribution in [1.29, 1.82) is 0 Å². The fraction of sp³-hybridized carbons (Fsp3) is 0.600. The van der Waals surface area contributed by atoms with E-state index in [-0.39, 0.29) is 29.2 Å². The van der Waals surface area contributed by atoms with E-state index in [1.807, 2.05) is 6.92 Å². The number of hydrogen-bond donors (Lipinski definition) is 2. The Morgan fingerprint density at radius 3 is 2.92 bits per heavy atom. The molecule has 0 bridgehead atoms. The van der Waals surface area contributed by atoms with E-state index >= 15 is 0 Å². The lowest BCUT2D eigenvalue weighted by Gasteiger charge is -2.13. The highest BCUT2D eigenvalue weighted by molar-refractivity contribution is 7.99. The summed E-state index contributed by atoms with van der Waals surface area (Å²) in [5.74, 6) is 2.11. The average Bonchev–Trinajstić information content (AvgIpc) is 3.04. The van der Waals surface area contributed by atoms with Crippen molar-refractivity contribution in [3.8, 4) is 0 Å². The van der Waals surface area contributed by atoms with Crippen molar-refractivity contribution in [3.05, 3.63) is 17.6 Å². The van der Waals surface area contributed by atoms with E-state index in [9.17, 15) is 13.2 Å². The second-order valence-corrected chi connectivity index (χ2v) is 9.96. The third-order valence-electron chi connectivity index (χ3n) is 4.46. The number of rotatable bonds is 6. The van der Waals surface area contributed by atoms with Gasteiger partial charge in [0.25, 0.3) is 0 Å². The Kier molecular flexibility index (Phi) is 4.51. The number of aryl methyl sites for hydroxylation is 1. The summed E-state index contributed by atoms with van der Waals surface area (Å²) < 4.78 is 25.1. The first-order valence-electron chi connectivity index (χ1n) is 8.51. The Labute approximate surface area is 155 Å². The van der Waals surface area contributed by atoms with Crippen LogP contribution in [0.5, 0.6) is 0 Å². The molecule has 1 aliphatic carbocycles. The van der Waals surface area contributed by atoms with Crippen LogP contribution in [0.1, 0.15) is 42.7 Å². The number of anilines is 1. The molecule has 1 unspecified atom stereocenters. The molecule has 1 saturated carbocycles. The molecule has 1 amide bonds. The molecule has 2 aromatic heterocycles. The summed E-state index contributed by atoms with van der Waals surface area (Å²) in [6.07, 6.45) is 2.79. The zero-order valence-corrected chi connectivity index (χ0v) is 15.9. The largest absolute Gasteiger partial charge is 0.310 e. The van der Waals surface area contributed by atoms with Crippen molar-refractivity contribution in [2.45, 2.75) is 43.3 Å². The summed E-state index contributed by atoms with van der Waals surface area (Å²) in [5.41, 5.74) is 0.736. The molecule has 2 aromatic rings. The third-order valence-corrected chi connectivity index (χ3v) is 7.06. The van der Waals surface area contributed by atoms with Gasteiger partial charge in [0.15, 0.2) is 9.84 Å². The molecular formula is C15H20N6O3S2. The standard InChI is InChI=1S/C15H20N6O3S2/c1-9-6-12(21(20-9)11-4-5-26(23,24)8-11)16-13(22)7-25-15-17-14(18-19-15)10-2-3-10/h6,10-11H,2-5,7-8H2,1H3,(H,16,22)(H,17,18,19). The van der Waals surface area contributed by atoms with Crippen LogP contribution < -0.4 is 5.32 Å². The number of hydrogen-bond acceptors (Lipinski definition) is 7. The van der Waals surface area contributed by atoms with Gasteiger partial charge in [0.05, 0.1) is 29.0 Å². The van der Waals surface area contributed by atoms with Crippen LogP contribution >= 0.6 is 11.8 Å². The second-order valence-electron chi connectivity index (χ2n) is 6.79. The highest BCUT2D eigenvalue weighted by atomic mass is 32.2. The van der Waals surface area contributed by atoms with Crippen LogP contribution in [-0.2, 0) is 14.6 Å². The number of aromatic amines is 1. The van der Waals surface area contributed by atoms with Crippen LogP contribution in [0.3, 0.4) is 0 Å². The van der Waals surface area contributed by atoms with E-state index in [1.165, 1.54) is 11.8 Å². The van der Waals surface area contributed by atoms with E-state index in [0.717, 1.165) is 24.4 Å². The summed E-state index contributed by atoms with van der Waals surface area (Å²) in [5, 5.41) is 14.8. The minimum atomic E-state index is -3.02. The van der Waals surface area contributed by atoms with Gasteiger partial charge in [-0.1, -0.05) is 11.8 Å². The number of H-pyrrole nitrogens is 1. The molecule has 140 valence electrons. The van der Waals surface area contributed by atoms with Crippen molar-refractivity contribution in [1.82, 2.24) is 25.0 Å². The van der Waals surface area contributed by atoms with Gasteiger partial charge in [-0.25, -0.2) is 18.1 Å². The van der Waals surface area contributed by atoms with Crippen molar-refractivity contribution < 1.29 is 13.2 Å². The molecule has 4 rings (SSSR count). The SMILES string of the molecule is Cc1cc(NC(=O)CSc2n[nH]c(C3CC3)n2)n(C2CCS(=O)(=O)C2)n1. The van der Waals surface area contributed by atoms with Crippen molar-refractivity contribution in [2.24, 2.45) is 0 Å². The molecule has 9 nitrogen and oxygen atoms in total. The van der Waals surface area contributed by atoms with Crippen LogP contribution in [0.2, 0.25) is 0 Å². The van der Waals surface area contributed by atoms with E-state index in [2.05, 4.69) is 25.6 Å². The van der Waals surface area contributed by atoms with Crippen LogP contribution in [-0.4, -0.2) is 56.5 Å². The number of nitrogens with zero attached hydrogens (tertiary/aromatic N) is 4. The molecular weight excluding hydrogens is 376 g/mol. The van der Waals surface area contributed by atoms with E-state index in [0.29, 0.717) is 23.3 Å². The number of sulfone groups is 1. The van der Waals surface area contributed by atoms with Gasteiger partial charge in [0.2, 0.25) is 11.1 Å². The van der Waals surface area contributed by atoms with Crippen molar-refractivity contribution in [2.75, 3.05) is 22.6 Å². The molecule has 11 heteroatoms. The second kappa shape index (κ2) is 6.69. The van der Waals surface area contributed by atoms with Crippen LogP contribution in [0.15, 0.2) is 11.2 Å². The number of aromatic nitrogens is 5. The first kappa shape index (κ1) is 17.5. The molecule has 2 fully saturated rings. The normalized spacial score (nSPS) is 21.8. The van der Waals surface area contributed by atoms with Gasteiger partial charge in [-0.05, 0) is 26.2 Å². The molecule has 3 heterocycles. The Balaban J connectivity index is 1.38. The third kappa shape index (κ3) is 3.93. The zero-order valence-electron chi connectivity index (χ0n) is 14.3. The molecule has 1 atom stereocenters. The number of carbonyl (C=O) groups excluding carboxylic acids is 1. The van der Waals surface area contributed by atoms with Gasteiger partial charge < -0.3 is 5.32 Å². The Morgan fingerprint density at radius 2 is 2.23 bits per heavy atom. The number of nitrogens with one attached hydrogen (secondary N) is 2. The molecule has 0 spiro atoms. The first-order chi connectivity index (χ1) is 12.4. The van der Waals surface area contributed by atoms with Gasteiger partial charge in [-0.3, -0.25) is 9.89 Å². The quantitative estimate of drug-likeness (QED) is 0.705. The molecule has 2 N–H and O–H groups in total. The molecule has 0 aromatic carbocycles. The molecule has 1 saturated heterocycles. The van der Waals surface area contributed by atoms with E-state index in [1.54, 1.807) is 10.7 Å². The molecule has 1 aliphatic heterocycles. The van der Waals surface area contributed by atoms with Gasteiger partial charge in [-0.2, -0.15) is 5.10 Å². The number of carbonyl (C=O) groups is 1. The van der Waals surface area contributed by atoms with Crippen LogP contribution in [0, 0.1) is 6.92 Å². The number of thioether (sulfide) groups is 1. The molecule has 0 radical (unpaired) electrons. The lowest BCUT2D eigenvalue weighted by Crippen LogP contribution is -2.20. The average molecular weight is 396 g/mol. The van der Waals surface area contributed by atoms with Gasteiger partial charge >= 0.3 is 0 Å². The maximum atomic E-state index is 12.3. The first-order valence-corrected chi connectivity index (χ1v) is 11.3. The summed E-state index contributed by atoms with van der Waals surface area (Å²) in [6, 6.07) is 1.52. The molecule has 2 aliphatic rings. The minimum Gasteiger partial charge on any atom is -0.310 e. The summed E-state index contributed by atoms with van der Waals surface area (Å²) >= 11 is 1.27. The fourth-order valence-corrected chi connectivity index (χ4v) is 5.33. The van der Waals surface area contributed by atoms with Crippen LogP contribution in [0.4, 0.5) is 5.82 Å². The topological polar surface area (TPSA) is 123 Å². The zero-order chi connectivity index (χ0) is 18.3. The Morgan fingerprint density at radius 1 is 1.42 bits per heavy atom. The highest BCUT2D eigenvalue weighted by Gasteiger charge is 2.31. The lowest BCUT2D eigenvalue weighted by atomic mass is 10.3. The highest BCUT2D eigenvalue weighted by Crippen LogP contribution is 2.38. The van der Waals surface area contributed by atoms with E-state index < -0.39 is 9.84 Å². The maximum Gasteiger partial charge on any atom is 0.235 e. The summed E-state index contributed by atoms with van der Waals surface area (Å²) in [4.78, 5) is 16.7. The van der Waals surface area contributed by atoms with Gasteiger partial charge in [0.1, 0.15) is 11.6 Å². The van der Waals surface area contributed by atoms with E-state index in [4.69, 9.17) is 0 Å². The predicted octanol–water partition coefficient (Wildman–Crippen LogP) is 1.28. The maximum absolute atomic E-state index is 12.3. The lowest BCUT2D eigenvalue weighted by molar-refractivity contribution is -0.113. The number of amides is 1. The Hall–Kier alpha value is -1.88. The molecule has 26 heavy (non-hydrogen) atoms. The monoisotopic (exact) mass is 396 g/mol. The predicted molar refractivity (Wildman–Crippen MR) is 97.0 cm³/mol. The fourth-order valence-electron chi connectivity index (χ4n) is 3.03. The minimum absolute atomic E-state index is 0.0624. The summed E-state index contributed by atoms with van der Waals surface area (Å²) in [6.45, 7) is 1.82. The Bertz CT molecular complexity index is 931. The van der Waals surface area contributed by atoms with Crippen LogP contribution in [0.25, 0.3) is 0 Å². The smallest absolute Gasteiger partial charge is 0.235 e. The van der Waals surface area contributed by atoms with Crippen molar-refractivity contribution in [3.63, 3.8) is 0 Å². The summed E-state index contributed by atoms with van der Waals surface area (Å²) in [7, 11) is -3.02. The van der Waals surface area contributed by atoms with Gasteiger partial charge in [0, 0.05) is 12.0 Å². The van der Waals surface area contributed by atoms with Gasteiger partial charge in [-0.15, -0.1) is 5.10 Å². The van der Waals surface area contributed by atoms with Crippen molar-refractivity contribution >= 4 is 33.3 Å².